The number of nitriles is 1. The minimum absolute atomic E-state index is 0.247. The molecule has 1 rings (SSSR count). The fourth-order valence-corrected chi connectivity index (χ4v) is 1.21. The Kier molecular flexibility index (Phi) is 3.60. The molecule has 1 N–H and O–H groups in total. The summed E-state index contributed by atoms with van der Waals surface area (Å²) in [5, 5.41) is 10.6. The summed E-state index contributed by atoms with van der Waals surface area (Å²) in [4.78, 5) is 11.0. The lowest BCUT2D eigenvalue weighted by Gasteiger charge is -2.04. The molecule has 5 heteroatoms. The highest BCUT2D eigenvalue weighted by Crippen LogP contribution is 2.22. The molecule has 0 bridgehead atoms. The minimum Gasteiger partial charge on any atom is -0.324 e. The van der Waals surface area contributed by atoms with Crippen LogP contribution in [0.4, 0.5) is 10.1 Å². The van der Waals surface area contributed by atoms with Crippen molar-refractivity contribution in [3.05, 3.63) is 28.5 Å². The molecule has 0 aliphatic carbocycles. The standard InChI is InChI=1S/C9H6BrFN2O/c10-7-2-1-6(11)5-8(7)13-9(14)3-4-12/h1-2,5H,3H2,(H,13,14). The molecular weight excluding hydrogens is 251 g/mol. The van der Waals surface area contributed by atoms with Crippen molar-refractivity contribution in [1.82, 2.24) is 0 Å². The molecule has 0 aliphatic heterocycles. The highest BCUT2D eigenvalue weighted by molar-refractivity contribution is 9.10. The summed E-state index contributed by atoms with van der Waals surface area (Å²) in [6.07, 6.45) is -0.247. The normalized spacial score (nSPS) is 9.21. The van der Waals surface area contributed by atoms with Crippen LogP contribution in [0.25, 0.3) is 0 Å². The summed E-state index contributed by atoms with van der Waals surface area (Å²) in [7, 11) is 0. The van der Waals surface area contributed by atoms with Gasteiger partial charge in [0.25, 0.3) is 0 Å². The third kappa shape index (κ3) is 2.82. The maximum atomic E-state index is 12.7. The number of hydrogen-bond acceptors (Lipinski definition) is 2. The van der Waals surface area contributed by atoms with Crippen LogP contribution in [0.1, 0.15) is 6.42 Å². The van der Waals surface area contributed by atoms with Gasteiger partial charge < -0.3 is 5.32 Å². The van der Waals surface area contributed by atoms with Crippen molar-refractivity contribution >= 4 is 27.5 Å². The van der Waals surface area contributed by atoms with Crippen molar-refractivity contribution in [3.8, 4) is 6.07 Å². The Hall–Kier alpha value is -1.41. The molecule has 0 saturated heterocycles. The van der Waals surface area contributed by atoms with Gasteiger partial charge in [-0.3, -0.25) is 4.79 Å². The van der Waals surface area contributed by atoms with Crippen molar-refractivity contribution in [3.63, 3.8) is 0 Å². The van der Waals surface area contributed by atoms with Gasteiger partial charge in [-0.05, 0) is 34.1 Å². The summed E-state index contributed by atoms with van der Waals surface area (Å²) < 4.78 is 13.3. The van der Waals surface area contributed by atoms with Crippen LogP contribution in [0.5, 0.6) is 0 Å². The predicted octanol–water partition coefficient (Wildman–Crippen LogP) is 2.44. The molecule has 1 amide bonds. The number of nitrogens with zero attached hydrogens (tertiary/aromatic N) is 1. The molecule has 0 unspecified atom stereocenters. The van der Waals surface area contributed by atoms with Gasteiger partial charge in [0.2, 0.25) is 5.91 Å². The van der Waals surface area contributed by atoms with Gasteiger partial charge in [-0.15, -0.1) is 0 Å². The quantitative estimate of drug-likeness (QED) is 0.884. The Balaban J connectivity index is 2.81. The summed E-state index contributed by atoms with van der Waals surface area (Å²) >= 11 is 3.15. The first-order valence-corrected chi connectivity index (χ1v) is 4.54. The van der Waals surface area contributed by atoms with E-state index in [2.05, 4.69) is 21.2 Å². The van der Waals surface area contributed by atoms with Gasteiger partial charge in [-0.1, -0.05) is 0 Å². The fraction of sp³-hybridized carbons (Fsp3) is 0.111. The Morgan fingerprint density at radius 1 is 1.64 bits per heavy atom. The summed E-state index contributed by atoms with van der Waals surface area (Å²) in [5.74, 6) is -0.903. The number of carbonyl (C=O) groups excluding carboxylic acids is 1. The van der Waals surface area contributed by atoms with E-state index >= 15 is 0 Å². The smallest absolute Gasteiger partial charge is 0.238 e. The number of rotatable bonds is 2. The molecule has 3 nitrogen and oxygen atoms in total. The van der Waals surface area contributed by atoms with Gasteiger partial charge in [0, 0.05) is 4.47 Å². The Labute approximate surface area is 88.7 Å². The van der Waals surface area contributed by atoms with E-state index in [0.29, 0.717) is 10.2 Å². The zero-order valence-corrected chi connectivity index (χ0v) is 8.64. The van der Waals surface area contributed by atoms with Gasteiger partial charge in [-0.2, -0.15) is 5.26 Å². The Morgan fingerprint density at radius 3 is 3.00 bits per heavy atom. The average molecular weight is 257 g/mol. The number of nitrogens with one attached hydrogen (secondary N) is 1. The first kappa shape index (κ1) is 10.7. The van der Waals surface area contributed by atoms with Gasteiger partial charge in [0.05, 0.1) is 11.8 Å². The van der Waals surface area contributed by atoms with Crippen LogP contribution in [0.15, 0.2) is 22.7 Å². The van der Waals surface area contributed by atoms with Crippen LogP contribution < -0.4 is 5.32 Å². The van der Waals surface area contributed by atoms with E-state index in [1.807, 2.05) is 0 Å². The molecule has 14 heavy (non-hydrogen) atoms. The van der Waals surface area contributed by atoms with Crippen LogP contribution >= 0.6 is 15.9 Å². The Morgan fingerprint density at radius 2 is 2.36 bits per heavy atom. The van der Waals surface area contributed by atoms with Crippen molar-refractivity contribution in [2.45, 2.75) is 6.42 Å². The van der Waals surface area contributed by atoms with Gasteiger partial charge in [-0.25, -0.2) is 4.39 Å². The number of halogens is 2. The highest BCUT2D eigenvalue weighted by Gasteiger charge is 2.05. The van der Waals surface area contributed by atoms with Crippen LogP contribution in [-0.2, 0) is 4.79 Å². The molecule has 0 radical (unpaired) electrons. The van der Waals surface area contributed by atoms with Crippen molar-refractivity contribution in [2.24, 2.45) is 0 Å². The molecule has 72 valence electrons. The first-order chi connectivity index (χ1) is 6.63. The van der Waals surface area contributed by atoms with Gasteiger partial charge >= 0.3 is 0 Å². The second-order valence-electron chi connectivity index (χ2n) is 2.51. The van der Waals surface area contributed by atoms with E-state index in [1.165, 1.54) is 18.2 Å². The lowest BCUT2D eigenvalue weighted by molar-refractivity contribution is -0.115. The maximum Gasteiger partial charge on any atom is 0.238 e. The maximum absolute atomic E-state index is 12.7. The van der Waals surface area contributed by atoms with E-state index in [9.17, 15) is 9.18 Å². The number of hydrogen-bond donors (Lipinski definition) is 1. The van der Waals surface area contributed by atoms with Gasteiger partial charge in [0.1, 0.15) is 12.2 Å². The molecule has 0 spiro atoms. The SMILES string of the molecule is N#CCC(=O)Nc1cc(F)ccc1Br. The van der Waals surface area contributed by atoms with Crippen LogP contribution in [0.2, 0.25) is 0 Å². The third-order valence-electron chi connectivity index (χ3n) is 1.44. The number of anilines is 1. The molecule has 1 aromatic rings. The molecule has 0 atom stereocenters. The molecule has 0 aliphatic rings. The molecule has 0 aromatic heterocycles. The number of benzene rings is 1. The van der Waals surface area contributed by atoms with Gasteiger partial charge in [0.15, 0.2) is 0 Å². The highest BCUT2D eigenvalue weighted by atomic mass is 79.9. The molecule has 1 aromatic carbocycles. The Bertz CT molecular complexity index is 400. The third-order valence-corrected chi connectivity index (χ3v) is 2.13. The second kappa shape index (κ2) is 4.72. The number of amides is 1. The summed E-state index contributed by atoms with van der Waals surface area (Å²) in [6, 6.07) is 5.63. The molecule has 0 saturated carbocycles. The molecular formula is C9H6BrFN2O. The van der Waals surface area contributed by atoms with E-state index in [1.54, 1.807) is 6.07 Å². The second-order valence-corrected chi connectivity index (χ2v) is 3.36. The van der Waals surface area contributed by atoms with E-state index in [-0.39, 0.29) is 6.42 Å². The molecule has 0 fully saturated rings. The lowest BCUT2D eigenvalue weighted by atomic mass is 10.3. The molecule has 0 heterocycles. The summed E-state index contributed by atoms with van der Waals surface area (Å²) in [5.41, 5.74) is 0.324. The average Bonchev–Trinajstić information content (AvgIpc) is 2.12. The largest absolute Gasteiger partial charge is 0.324 e. The van der Waals surface area contributed by atoms with Crippen LogP contribution in [0, 0.1) is 17.1 Å². The van der Waals surface area contributed by atoms with E-state index in [0.717, 1.165) is 0 Å². The van der Waals surface area contributed by atoms with Crippen molar-refractivity contribution in [2.75, 3.05) is 5.32 Å². The van der Waals surface area contributed by atoms with Crippen molar-refractivity contribution < 1.29 is 9.18 Å². The van der Waals surface area contributed by atoms with Crippen LogP contribution in [0.3, 0.4) is 0 Å². The van der Waals surface area contributed by atoms with Crippen LogP contribution in [-0.4, -0.2) is 5.91 Å². The fourth-order valence-electron chi connectivity index (χ4n) is 0.859. The topological polar surface area (TPSA) is 52.9 Å². The zero-order valence-electron chi connectivity index (χ0n) is 7.05. The lowest BCUT2D eigenvalue weighted by Crippen LogP contribution is -2.10. The minimum atomic E-state index is -0.459. The predicted molar refractivity (Wildman–Crippen MR) is 53.0 cm³/mol. The zero-order chi connectivity index (χ0) is 10.6. The number of carbonyl (C=O) groups is 1. The monoisotopic (exact) mass is 256 g/mol. The van der Waals surface area contributed by atoms with E-state index in [4.69, 9.17) is 5.26 Å². The first-order valence-electron chi connectivity index (χ1n) is 3.75. The van der Waals surface area contributed by atoms with E-state index < -0.39 is 11.7 Å². The van der Waals surface area contributed by atoms with Crippen molar-refractivity contribution in [1.29, 1.82) is 5.26 Å². The summed E-state index contributed by atoms with van der Waals surface area (Å²) in [6.45, 7) is 0.